The summed E-state index contributed by atoms with van der Waals surface area (Å²) in [4.78, 5) is 5.19. The highest BCUT2D eigenvalue weighted by molar-refractivity contribution is 7.14. The highest BCUT2D eigenvalue weighted by Gasteiger charge is 2.13. The average molecular weight is 287 g/mol. The fraction of sp³-hybridized carbons (Fsp3) is 0.143. The first-order valence-corrected chi connectivity index (χ1v) is 6.93. The Morgan fingerprint density at radius 1 is 1.25 bits per heavy atom. The van der Waals surface area contributed by atoms with Gasteiger partial charge in [0.05, 0.1) is 12.8 Å². The standard InChI is InChI=1S/C14H13N3O2S/c1-18-10-4-2-9(3-5-10)8-12-16-14(19-17-12)13-11(15)6-7-20-13/h2-7H,8,15H2,1H3. The molecule has 0 aliphatic rings. The third kappa shape index (κ3) is 2.50. The molecule has 0 bridgehead atoms. The second-order valence-electron chi connectivity index (χ2n) is 4.25. The molecule has 0 fully saturated rings. The van der Waals surface area contributed by atoms with Crippen molar-refractivity contribution in [2.75, 3.05) is 12.8 Å². The van der Waals surface area contributed by atoms with Gasteiger partial charge in [-0.15, -0.1) is 11.3 Å². The fourth-order valence-electron chi connectivity index (χ4n) is 1.84. The predicted octanol–water partition coefficient (Wildman–Crippen LogP) is 2.98. The van der Waals surface area contributed by atoms with Crippen molar-refractivity contribution >= 4 is 17.0 Å². The number of nitrogens with two attached hydrogens (primary N) is 1. The van der Waals surface area contributed by atoms with Crippen LogP contribution in [0.15, 0.2) is 40.2 Å². The van der Waals surface area contributed by atoms with E-state index in [1.54, 1.807) is 7.11 Å². The number of aromatic nitrogens is 2. The number of rotatable bonds is 4. The van der Waals surface area contributed by atoms with Gasteiger partial charge >= 0.3 is 0 Å². The van der Waals surface area contributed by atoms with Crippen molar-refractivity contribution < 1.29 is 9.26 Å². The maximum atomic E-state index is 5.84. The summed E-state index contributed by atoms with van der Waals surface area (Å²) in [5.41, 5.74) is 7.59. The Kier molecular flexibility index (Phi) is 3.39. The first kappa shape index (κ1) is 12.7. The molecule has 5 nitrogen and oxygen atoms in total. The lowest BCUT2D eigenvalue weighted by molar-refractivity contribution is 0.414. The average Bonchev–Trinajstić information content (AvgIpc) is 3.08. The van der Waals surface area contributed by atoms with E-state index >= 15 is 0 Å². The molecule has 0 radical (unpaired) electrons. The first-order valence-electron chi connectivity index (χ1n) is 6.05. The summed E-state index contributed by atoms with van der Waals surface area (Å²) in [5, 5.41) is 5.89. The van der Waals surface area contributed by atoms with Gasteiger partial charge in [-0.05, 0) is 29.1 Å². The molecule has 0 aliphatic carbocycles. The molecular formula is C14H13N3O2S. The minimum Gasteiger partial charge on any atom is -0.497 e. The van der Waals surface area contributed by atoms with Gasteiger partial charge in [-0.1, -0.05) is 17.3 Å². The van der Waals surface area contributed by atoms with E-state index in [2.05, 4.69) is 10.1 Å². The summed E-state index contributed by atoms with van der Waals surface area (Å²) in [5.74, 6) is 1.94. The molecule has 6 heteroatoms. The Labute approximate surface area is 120 Å². The molecule has 2 aromatic heterocycles. The van der Waals surface area contributed by atoms with Crippen LogP contribution in [0, 0.1) is 0 Å². The van der Waals surface area contributed by atoms with Crippen molar-refractivity contribution in [3.63, 3.8) is 0 Å². The van der Waals surface area contributed by atoms with Gasteiger partial charge < -0.3 is 15.0 Å². The number of methoxy groups -OCH3 is 1. The molecule has 1 aromatic carbocycles. The number of hydrogen-bond acceptors (Lipinski definition) is 6. The second-order valence-corrected chi connectivity index (χ2v) is 5.16. The van der Waals surface area contributed by atoms with Crippen molar-refractivity contribution in [2.24, 2.45) is 0 Å². The second kappa shape index (κ2) is 5.34. The molecule has 2 N–H and O–H groups in total. The summed E-state index contributed by atoms with van der Waals surface area (Å²) >= 11 is 1.49. The summed E-state index contributed by atoms with van der Waals surface area (Å²) in [6, 6.07) is 9.61. The third-order valence-electron chi connectivity index (χ3n) is 2.88. The van der Waals surface area contributed by atoms with Crippen LogP contribution in [0.4, 0.5) is 5.69 Å². The number of ether oxygens (including phenoxy) is 1. The molecule has 20 heavy (non-hydrogen) atoms. The van der Waals surface area contributed by atoms with E-state index in [9.17, 15) is 0 Å². The molecular weight excluding hydrogens is 274 g/mol. The molecule has 0 saturated carbocycles. The molecule has 0 spiro atoms. The monoisotopic (exact) mass is 287 g/mol. The van der Waals surface area contributed by atoms with E-state index in [1.165, 1.54) is 11.3 Å². The van der Waals surface area contributed by atoms with Gasteiger partial charge in [-0.2, -0.15) is 4.98 Å². The van der Waals surface area contributed by atoms with Crippen LogP contribution in [0.3, 0.4) is 0 Å². The van der Waals surface area contributed by atoms with Gasteiger partial charge in [-0.25, -0.2) is 0 Å². The summed E-state index contributed by atoms with van der Waals surface area (Å²) < 4.78 is 10.4. The molecule has 0 atom stereocenters. The van der Waals surface area contributed by atoms with Crippen molar-refractivity contribution in [1.29, 1.82) is 0 Å². The third-order valence-corrected chi connectivity index (χ3v) is 3.80. The van der Waals surface area contributed by atoms with Crippen molar-refractivity contribution in [3.05, 3.63) is 47.1 Å². The lowest BCUT2D eigenvalue weighted by Gasteiger charge is -2.00. The van der Waals surface area contributed by atoms with Gasteiger partial charge in [0, 0.05) is 6.42 Å². The highest BCUT2D eigenvalue weighted by atomic mass is 32.1. The summed E-state index contributed by atoms with van der Waals surface area (Å²) in [7, 11) is 1.64. The van der Waals surface area contributed by atoms with Gasteiger partial charge in [0.2, 0.25) is 0 Å². The smallest absolute Gasteiger partial charge is 0.270 e. The molecule has 102 valence electrons. The normalized spacial score (nSPS) is 10.7. The highest BCUT2D eigenvalue weighted by Crippen LogP contribution is 2.30. The number of anilines is 1. The van der Waals surface area contributed by atoms with Crippen LogP contribution >= 0.6 is 11.3 Å². The lowest BCUT2D eigenvalue weighted by Crippen LogP contribution is -1.91. The number of thiophene rings is 1. The SMILES string of the molecule is COc1ccc(Cc2noc(-c3sccc3N)n2)cc1. The zero-order chi connectivity index (χ0) is 13.9. The van der Waals surface area contributed by atoms with E-state index in [0.717, 1.165) is 16.2 Å². The quantitative estimate of drug-likeness (QED) is 0.798. The zero-order valence-electron chi connectivity index (χ0n) is 10.9. The topological polar surface area (TPSA) is 74.2 Å². The van der Waals surface area contributed by atoms with Crippen LogP contribution in [0.25, 0.3) is 10.8 Å². The van der Waals surface area contributed by atoms with Crippen LogP contribution < -0.4 is 10.5 Å². The Bertz CT molecular complexity index is 703. The number of nitrogens with zero attached hydrogens (tertiary/aromatic N) is 2. The van der Waals surface area contributed by atoms with E-state index in [0.29, 0.717) is 23.8 Å². The number of hydrogen-bond donors (Lipinski definition) is 1. The number of nitrogen functional groups attached to an aromatic ring is 1. The van der Waals surface area contributed by atoms with E-state index < -0.39 is 0 Å². The lowest BCUT2D eigenvalue weighted by atomic mass is 10.1. The maximum Gasteiger partial charge on any atom is 0.270 e. The Morgan fingerprint density at radius 3 is 2.70 bits per heavy atom. The Balaban J connectivity index is 1.78. The maximum absolute atomic E-state index is 5.84. The molecule has 3 rings (SSSR count). The summed E-state index contributed by atoms with van der Waals surface area (Å²) in [6.45, 7) is 0. The molecule has 3 aromatic rings. The Morgan fingerprint density at radius 2 is 2.05 bits per heavy atom. The molecule has 0 amide bonds. The van der Waals surface area contributed by atoms with Crippen molar-refractivity contribution in [2.45, 2.75) is 6.42 Å². The van der Waals surface area contributed by atoms with Crippen molar-refractivity contribution in [1.82, 2.24) is 10.1 Å². The number of benzene rings is 1. The van der Waals surface area contributed by atoms with Crippen LogP contribution in [0.2, 0.25) is 0 Å². The van der Waals surface area contributed by atoms with Gasteiger partial charge in [0.25, 0.3) is 5.89 Å². The van der Waals surface area contributed by atoms with E-state index in [4.69, 9.17) is 15.0 Å². The van der Waals surface area contributed by atoms with Gasteiger partial charge in [0.1, 0.15) is 10.6 Å². The molecule has 0 saturated heterocycles. The van der Waals surface area contributed by atoms with Crippen molar-refractivity contribution in [3.8, 4) is 16.5 Å². The van der Waals surface area contributed by atoms with Gasteiger partial charge in [0.15, 0.2) is 5.82 Å². The minimum absolute atomic E-state index is 0.473. The summed E-state index contributed by atoms with van der Waals surface area (Å²) in [6.07, 6.45) is 0.610. The molecule has 2 heterocycles. The fourth-order valence-corrected chi connectivity index (χ4v) is 2.58. The minimum atomic E-state index is 0.473. The van der Waals surface area contributed by atoms with Crippen LogP contribution in [-0.4, -0.2) is 17.3 Å². The van der Waals surface area contributed by atoms with E-state index in [1.807, 2.05) is 35.7 Å². The first-order chi connectivity index (χ1) is 9.76. The van der Waals surface area contributed by atoms with Gasteiger partial charge in [-0.3, -0.25) is 0 Å². The Hall–Kier alpha value is -2.34. The molecule has 0 aliphatic heterocycles. The van der Waals surface area contributed by atoms with E-state index in [-0.39, 0.29) is 0 Å². The largest absolute Gasteiger partial charge is 0.497 e. The zero-order valence-corrected chi connectivity index (χ0v) is 11.7. The molecule has 0 unspecified atom stereocenters. The van der Waals surface area contributed by atoms with Crippen LogP contribution in [0.1, 0.15) is 11.4 Å². The van der Waals surface area contributed by atoms with Crippen LogP contribution in [-0.2, 0) is 6.42 Å². The predicted molar refractivity (Wildman–Crippen MR) is 77.8 cm³/mol. The van der Waals surface area contributed by atoms with Crippen LogP contribution in [0.5, 0.6) is 5.75 Å².